The number of hydrogen-bond acceptors (Lipinski definition) is 4. The van der Waals surface area contributed by atoms with Gasteiger partial charge in [0.1, 0.15) is 5.82 Å². The van der Waals surface area contributed by atoms with Gasteiger partial charge in [0, 0.05) is 37.2 Å². The quantitative estimate of drug-likeness (QED) is 0.758. The third-order valence-corrected chi connectivity index (χ3v) is 2.45. The van der Waals surface area contributed by atoms with Gasteiger partial charge in [-0.2, -0.15) is 5.10 Å². The molecule has 0 atom stereocenters. The second kappa shape index (κ2) is 5.81. The van der Waals surface area contributed by atoms with Gasteiger partial charge in [-0.05, 0) is 24.6 Å². The monoisotopic (exact) mass is 245 g/mol. The lowest BCUT2D eigenvalue weighted by Gasteiger charge is -2.05. The summed E-state index contributed by atoms with van der Waals surface area (Å²) in [6, 6.07) is 5.07. The molecule has 0 saturated carbocycles. The van der Waals surface area contributed by atoms with Crippen molar-refractivity contribution in [3.05, 3.63) is 42.4 Å². The van der Waals surface area contributed by atoms with Crippen molar-refractivity contribution < 1.29 is 4.79 Å². The minimum Gasteiger partial charge on any atom is -0.384 e. The van der Waals surface area contributed by atoms with Crippen molar-refractivity contribution in [1.29, 1.82) is 0 Å². The van der Waals surface area contributed by atoms with E-state index in [2.05, 4.69) is 15.4 Å². The summed E-state index contributed by atoms with van der Waals surface area (Å²) in [5.41, 5.74) is 6.04. The minimum absolute atomic E-state index is 0.135. The lowest BCUT2D eigenvalue weighted by molar-refractivity contribution is 0.0952. The summed E-state index contributed by atoms with van der Waals surface area (Å²) in [5, 5.41) is 6.91. The normalized spacial score (nSPS) is 10.2. The summed E-state index contributed by atoms with van der Waals surface area (Å²) < 4.78 is 1.83. The van der Waals surface area contributed by atoms with E-state index in [0.717, 1.165) is 13.0 Å². The van der Waals surface area contributed by atoms with E-state index in [1.807, 2.05) is 16.9 Å². The molecule has 18 heavy (non-hydrogen) atoms. The average Bonchev–Trinajstić information content (AvgIpc) is 2.87. The van der Waals surface area contributed by atoms with Crippen LogP contribution in [0.5, 0.6) is 0 Å². The Kier molecular flexibility index (Phi) is 3.90. The Morgan fingerprint density at radius 2 is 2.33 bits per heavy atom. The van der Waals surface area contributed by atoms with Crippen LogP contribution in [0.3, 0.4) is 0 Å². The van der Waals surface area contributed by atoms with Crippen molar-refractivity contribution in [3.8, 4) is 0 Å². The number of pyridine rings is 1. The molecular formula is C12H15N5O. The number of nitrogens with zero attached hydrogens (tertiary/aromatic N) is 3. The third kappa shape index (κ3) is 3.31. The van der Waals surface area contributed by atoms with E-state index in [0.29, 0.717) is 17.9 Å². The SMILES string of the molecule is Nc1cc(C(=O)NCCCn2cccn2)ccn1. The standard InChI is InChI=1S/C12H15N5O/c13-11-9-10(3-6-14-11)12(18)15-4-1-7-17-8-2-5-16-17/h2-3,5-6,8-9H,1,4,7H2,(H2,13,14)(H,15,18). The van der Waals surface area contributed by atoms with Gasteiger partial charge in [0.25, 0.3) is 5.91 Å². The summed E-state index contributed by atoms with van der Waals surface area (Å²) in [6.07, 6.45) is 5.98. The molecule has 0 spiro atoms. The Morgan fingerprint density at radius 3 is 3.06 bits per heavy atom. The van der Waals surface area contributed by atoms with Gasteiger partial charge in [0.15, 0.2) is 0 Å². The minimum atomic E-state index is -0.135. The van der Waals surface area contributed by atoms with Crippen LogP contribution in [0.15, 0.2) is 36.8 Å². The molecule has 2 aromatic heterocycles. The Labute approximate surface area is 105 Å². The number of nitrogens with one attached hydrogen (secondary N) is 1. The van der Waals surface area contributed by atoms with E-state index in [1.54, 1.807) is 18.3 Å². The fraction of sp³-hybridized carbons (Fsp3) is 0.250. The van der Waals surface area contributed by atoms with Crippen molar-refractivity contribution in [2.75, 3.05) is 12.3 Å². The van der Waals surface area contributed by atoms with Crippen molar-refractivity contribution in [3.63, 3.8) is 0 Å². The van der Waals surface area contributed by atoms with Gasteiger partial charge in [0.2, 0.25) is 0 Å². The van der Waals surface area contributed by atoms with E-state index >= 15 is 0 Å². The van der Waals surface area contributed by atoms with Crippen LogP contribution in [-0.4, -0.2) is 27.2 Å². The molecule has 6 heteroatoms. The molecular weight excluding hydrogens is 230 g/mol. The summed E-state index contributed by atoms with van der Waals surface area (Å²) in [6.45, 7) is 1.38. The number of carbonyl (C=O) groups is 1. The molecule has 2 aromatic rings. The molecule has 2 heterocycles. The number of nitrogen functional groups attached to an aromatic ring is 1. The second-order valence-electron chi connectivity index (χ2n) is 3.85. The zero-order valence-electron chi connectivity index (χ0n) is 9.91. The molecule has 0 saturated heterocycles. The highest BCUT2D eigenvalue weighted by atomic mass is 16.1. The highest BCUT2D eigenvalue weighted by Gasteiger charge is 2.04. The van der Waals surface area contributed by atoms with E-state index < -0.39 is 0 Å². The fourth-order valence-corrected chi connectivity index (χ4v) is 1.57. The molecule has 0 unspecified atom stereocenters. The lowest BCUT2D eigenvalue weighted by atomic mass is 10.2. The maximum absolute atomic E-state index is 11.7. The topological polar surface area (TPSA) is 85.8 Å². The van der Waals surface area contributed by atoms with Gasteiger partial charge in [0.05, 0.1) is 0 Å². The van der Waals surface area contributed by atoms with Gasteiger partial charge in [-0.1, -0.05) is 0 Å². The van der Waals surface area contributed by atoms with Crippen molar-refractivity contribution in [1.82, 2.24) is 20.1 Å². The number of aromatic nitrogens is 3. The van der Waals surface area contributed by atoms with E-state index in [9.17, 15) is 4.79 Å². The molecule has 0 aliphatic heterocycles. The Morgan fingerprint density at radius 1 is 1.44 bits per heavy atom. The van der Waals surface area contributed by atoms with Crippen LogP contribution < -0.4 is 11.1 Å². The molecule has 6 nitrogen and oxygen atoms in total. The molecule has 2 rings (SSSR count). The molecule has 94 valence electrons. The first-order valence-corrected chi connectivity index (χ1v) is 5.73. The van der Waals surface area contributed by atoms with Gasteiger partial charge in [-0.3, -0.25) is 9.48 Å². The summed E-state index contributed by atoms with van der Waals surface area (Å²) in [7, 11) is 0. The van der Waals surface area contributed by atoms with Crippen LogP contribution in [-0.2, 0) is 6.54 Å². The number of amides is 1. The number of carbonyl (C=O) groups excluding carboxylic acids is 1. The van der Waals surface area contributed by atoms with E-state index in [4.69, 9.17) is 5.73 Å². The summed E-state index contributed by atoms with van der Waals surface area (Å²) in [5.74, 6) is 0.212. The largest absolute Gasteiger partial charge is 0.384 e. The first-order valence-electron chi connectivity index (χ1n) is 5.73. The predicted molar refractivity (Wildman–Crippen MR) is 67.8 cm³/mol. The molecule has 0 bridgehead atoms. The molecule has 0 aromatic carbocycles. The van der Waals surface area contributed by atoms with E-state index in [1.165, 1.54) is 6.20 Å². The van der Waals surface area contributed by atoms with Gasteiger partial charge in [-0.25, -0.2) is 4.98 Å². The number of anilines is 1. The van der Waals surface area contributed by atoms with Crippen LogP contribution in [0.1, 0.15) is 16.8 Å². The zero-order chi connectivity index (χ0) is 12.8. The molecule has 1 amide bonds. The fourth-order valence-electron chi connectivity index (χ4n) is 1.57. The Balaban J connectivity index is 1.75. The van der Waals surface area contributed by atoms with Crippen LogP contribution in [0.4, 0.5) is 5.82 Å². The van der Waals surface area contributed by atoms with Gasteiger partial charge >= 0.3 is 0 Å². The molecule has 0 radical (unpaired) electrons. The first kappa shape index (κ1) is 12.1. The molecule has 3 N–H and O–H groups in total. The number of rotatable bonds is 5. The molecule has 0 aliphatic carbocycles. The van der Waals surface area contributed by atoms with Crippen LogP contribution in [0.25, 0.3) is 0 Å². The number of hydrogen-bond donors (Lipinski definition) is 2. The highest BCUT2D eigenvalue weighted by molar-refractivity contribution is 5.94. The average molecular weight is 245 g/mol. The summed E-state index contributed by atoms with van der Waals surface area (Å²) >= 11 is 0. The maximum atomic E-state index is 11.7. The molecule has 0 aliphatic rings. The first-order chi connectivity index (χ1) is 8.75. The highest BCUT2D eigenvalue weighted by Crippen LogP contribution is 2.02. The van der Waals surface area contributed by atoms with Crippen LogP contribution >= 0.6 is 0 Å². The number of aryl methyl sites for hydroxylation is 1. The Hall–Kier alpha value is -2.37. The maximum Gasteiger partial charge on any atom is 0.251 e. The van der Waals surface area contributed by atoms with Crippen LogP contribution in [0.2, 0.25) is 0 Å². The van der Waals surface area contributed by atoms with Gasteiger partial charge < -0.3 is 11.1 Å². The smallest absolute Gasteiger partial charge is 0.251 e. The summed E-state index contributed by atoms with van der Waals surface area (Å²) in [4.78, 5) is 15.6. The zero-order valence-corrected chi connectivity index (χ0v) is 9.91. The molecule has 0 fully saturated rings. The van der Waals surface area contributed by atoms with Crippen molar-refractivity contribution >= 4 is 11.7 Å². The van der Waals surface area contributed by atoms with Gasteiger partial charge in [-0.15, -0.1) is 0 Å². The number of nitrogens with two attached hydrogens (primary N) is 1. The van der Waals surface area contributed by atoms with E-state index in [-0.39, 0.29) is 5.91 Å². The van der Waals surface area contributed by atoms with Crippen LogP contribution in [0, 0.1) is 0 Å². The third-order valence-electron chi connectivity index (χ3n) is 2.45. The second-order valence-corrected chi connectivity index (χ2v) is 3.85. The van der Waals surface area contributed by atoms with Crippen molar-refractivity contribution in [2.45, 2.75) is 13.0 Å². The Bertz CT molecular complexity index is 509. The lowest BCUT2D eigenvalue weighted by Crippen LogP contribution is -2.25. The predicted octanol–water partition coefficient (Wildman–Crippen LogP) is 0.680. The van der Waals surface area contributed by atoms with Crippen molar-refractivity contribution in [2.24, 2.45) is 0 Å².